The third-order valence-electron chi connectivity index (χ3n) is 3.65. The van der Waals surface area contributed by atoms with E-state index in [0.717, 1.165) is 5.56 Å². The molecule has 118 valence electrons. The van der Waals surface area contributed by atoms with Gasteiger partial charge in [-0.2, -0.15) is 11.3 Å². The minimum atomic E-state index is -0.450. The van der Waals surface area contributed by atoms with E-state index < -0.39 is 6.04 Å². The first-order valence-electron chi connectivity index (χ1n) is 6.86. The Morgan fingerprint density at radius 1 is 1.19 bits per heavy atom. The number of rotatable bonds is 3. The van der Waals surface area contributed by atoms with Crippen molar-refractivity contribution >= 4 is 35.6 Å². The SMILES string of the molecule is CC(C)[C@H](N)C(=O)N1CCN(C(=O)c2ccsc2)CC1.Cl. The number of nitrogens with zero attached hydrogens (tertiary/aromatic N) is 2. The van der Waals surface area contributed by atoms with Crippen LogP contribution in [0.15, 0.2) is 16.8 Å². The highest BCUT2D eigenvalue weighted by molar-refractivity contribution is 7.08. The molecule has 2 amide bonds. The van der Waals surface area contributed by atoms with Gasteiger partial charge in [-0.3, -0.25) is 9.59 Å². The van der Waals surface area contributed by atoms with Gasteiger partial charge in [0.1, 0.15) is 0 Å². The minimum Gasteiger partial charge on any atom is -0.338 e. The molecule has 0 spiro atoms. The summed E-state index contributed by atoms with van der Waals surface area (Å²) in [6.45, 7) is 6.17. The van der Waals surface area contributed by atoms with E-state index in [2.05, 4.69) is 0 Å². The molecular weight excluding hydrogens is 310 g/mol. The molecule has 1 aromatic heterocycles. The van der Waals surface area contributed by atoms with Crippen molar-refractivity contribution in [3.05, 3.63) is 22.4 Å². The standard InChI is InChI=1S/C14H21N3O2S.ClH/c1-10(2)12(15)14(19)17-6-4-16(5-7-17)13(18)11-3-8-20-9-11;/h3,8-10,12H,4-7,15H2,1-2H3;1H/t12-;/m0./s1. The Kier molecular flexibility index (Phi) is 6.64. The van der Waals surface area contributed by atoms with E-state index >= 15 is 0 Å². The zero-order chi connectivity index (χ0) is 14.7. The first-order chi connectivity index (χ1) is 9.50. The number of piperazine rings is 1. The molecule has 2 N–H and O–H groups in total. The highest BCUT2D eigenvalue weighted by Gasteiger charge is 2.28. The third-order valence-corrected chi connectivity index (χ3v) is 4.33. The van der Waals surface area contributed by atoms with E-state index in [1.165, 1.54) is 11.3 Å². The van der Waals surface area contributed by atoms with Crippen LogP contribution in [0.3, 0.4) is 0 Å². The van der Waals surface area contributed by atoms with Gasteiger partial charge in [0.2, 0.25) is 5.91 Å². The van der Waals surface area contributed by atoms with Gasteiger partial charge in [-0.25, -0.2) is 0 Å². The number of carbonyl (C=O) groups excluding carboxylic acids is 2. The van der Waals surface area contributed by atoms with Gasteiger partial charge in [0.25, 0.3) is 5.91 Å². The molecule has 1 aromatic rings. The maximum Gasteiger partial charge on any atom is 0.254 e. The van der Waals surface area contributed by atoms with Gasteiger partial charge in [-0.05, 0) is 17.4 Å². The van der Waals surface area contributed by atoms with Crippen molar-refractivity contribution in [1.29, 1.82) is 0 Å². The number of nitrogens with two attached hydrogens (primary N) is 1. The van der Waals surface area contributed by atoms with Crippen LogP contribution in [0.2, 0.25) is 0 Å². The van der Waals surface area contributed by atoms with E-state index in [1.807, 2.05) is 30.7 Å². The molecule has 0 aromatic carbocycles. The van der Waals surface area contributed by atoms with Crippen LogP contribution in [0.25, 0.3) is 0 Å². The summed E-state index contributed by atoms with van der Waals surface area (Å²) in [6.07, 6.45) is 0. The number of carbonyl (C=O) groups is 2. The van der Waals surface area contributed by atoms with Gasteiger partial charge in [0.05, 0.1) is 11.6 Å². The zero-order valence-corrected chi connectivity index (χ0v) is 14.0. The fraction of sp³-hybridized carbons (Fsp3) is 0.571. The van der Waals surface area contributed by atoms with Crippen LogP contribution in [-0.2, 0) is 4.79 Å². The Bertz CT molecular complexity index is 471. The summed E-state index contributed by atoms with van der Waals surface area (Å²) in [6, 6.07) is 1.38. The Labute approximate surface area is 135 Å². The van der Waals surface area contributed by atoms with Crippen LogP contribution in [0.5, 0.6) is 0 Å². The highest BCUT2D eigenvalue weighted by Crippen LogP contribution is 2.13. The maximum atomic E-state index is 12.2. The quantitative estimate of drug-likeness (QED) is 0.911. The summed E-state index contributed by atoms with van der Waals surface area (Å²) in [5, 5.41) is 3.75. The lowest BCUT2D eigenvalue weighted by Crippen LogP contribution is -2.55. The summed E-state index contributed by atoms with van der Waals surface area (Å²) in [5.41, 5.74) is 6.62. The Balaban J connectivity index is 0.00000220. The second-order valence-corrected chi connectivity index (χ2v) is 6.18. The Hall–Kier alpha value is -1.11. The Morgan fingerprint density at radius 2 is 1.76 bits per heavy atom. The number of thiophene rings is 1. The van der Waals surface area contributed by atoms with E-state index in [0.29, 0.717) is 26.2 Å². The highest BCUT2D eigenvalue weighted by atomic mass is 35.5. The second-order valence-electron chi connectivity index (χ2n) is 5.40. The van der Waals surface area contributed by atoms with Gasteiger partial charge >= 0.3 is 0 Å². The third kappa shape index (κ3) is 4.18. The molecule has 2 heterocycles. The molecule has 0 unspecified atom stereocenters. The van der Waals surface area contributed by atoms with Crippen molar-refractivity contribution in [3.63, 3.8) is 0 Å². The predicted molar refractivity (Wildman–Crippen MR) is 86.9 cm³/mol. The number of halogens is 1. The number of hydrogen-bond acceptors (Lipinski definition) is 4. The predicted octanol–water partition coefficient (Wildman–Crippen LogP) is 1.44. The van der Waals surface area contributed by atoms with Crippen molar-refractivity contribution in [2.45, 2.75) is 19.9 Å². The fourth-order valence-corrected chi connectivity index (χ4v) is 2.82. The van der Waals surface area contributed by atoms with Crippen molar-refractivity contribution in [2.75, 3.05) is 26.2 Å². The fourth-order valence-electron chi connectivity index (χ4n) is 2.19. The largest absolute Gasteiger partial charge is 0.338 e. The molecule has 5 nitrogen and oxygen atoms in total. The van der Waals surface area contributed by atoms with Crippen molar-refractivity contribution in [2.24, 2.45) is 11.7 Å². The van der Waals surface area contributed by atoms with Crippen LogP contribution < -0.4 is 5.73 Å². The lowest BCUT2D eigenvalue weighted by atomic mass is 10.0. The molecule has 21 heavy (non-hydrogen) atoms. The maximum absolute atomic E-state index is 12.2. The topological polar surface area (TPSA) is 66.6 Å². The molecular formula is C14H22ClN3O2S. The molecule has 1 aliphatic heterocycles. The second kappa shape index (κ2) is 7.77. The van der Waals surface area contributed by atoms with Gasteiger partial charge in [-0.15, -0.1) is 12.4 Å². The molecule has 7 heteroatoms. The molecule has 0 saturated carbocycles. The smallest absolute Gasteiger partial charge is 0.254 e. The van der Waals surface area contributed by atoms with Crippen molar-refractivity contribution < 1.29 is 9.59 Å². The molecule has 0 bridgehead atoms. The summed E-state index contributed by atoms with van der Waals surface area (Å²) in [7, 11) is 0. The Morgan fingerprint density at radius 3 is 2.24 bits per heavy atom. The van der Waals surface area contributed by atoms with Crippen LogP contribution in [-0.4, -0.2) is 53.8 Å². The van der Waals surface area contributed by atoms with Crippen molar-refractivity contribution in [3.8, 4) is 0 Å². The molecule has 1 atom stereocenters. The minimum absolute atomic E-state index is 0. The molecule has 2 rings (SSSR count). The first-order valence-corrected chi connectivity index (χ1v) is 7.81. The summed E-state index contributed by atoms with van der Waals surface area (Å²) in [5.74, 6) is 0.169. The van der Waals surface area contributed by atoms with E-state index in [4.69, 9.17) is 5.73 Å². The lowest BCUT2D eigenvalue weighted by molar-refractivity contribution is -0.135. The summed E-state index contributed by atoms with van der Waals surface area (Å²) in [4.78, 5) is 27.9. The van der Waals surface area contributed by atoms with Crippen LogP contribution in [0.4, 0.5) is 0 Å². The van der Waals surface area contributed by atoms with E-state index in [9.17, 15) is 9.59 Å². The summed E-state index contributed by atoms with van der Waals surface area (Å²) >= 11 is 1.52. The van der Waals surface area contributed by atoms with E-state index in [1.54, 1.807) is 9.80 Å². The van der Waals surface area contributed by atoms with Gasteiger partial charge in [0, 0.05) is 31.6 Å². The van der Waals surface area contributed by atoms with Crippen molar-refractivity contribution in [1.82, 2.24) is 9.80 Å². The average Bonchev–Trinajstić information content (AvgIpc) is 2.99. The number of hydrogen-bond donors (Lipinski definition) is 1. The zero-order valence-electron chi connectivity index (χ0n) is 12.3. The monoisotopic (exact) mass is 331 g/mol. The van der Waals surface area contributed by atoms with Gasteiger partial charge < -0.3 is 15.5 Å². The molecule has 1 saturated heterocycles. The van der Waals surface area contributed by atoms with Crippen LogP contribution in [0.1, 0.15) is 24.2 Å². The first kappa shape index (κ1) is 17.9. The van der Waals surface area contributed by atoms with Crippen LogP contribution >= 0.6 is 23.7 Å². The van der Waals surface area contributed by atoms with Gasteiger partial charge in [-0.1, -0.05) is 13.8 Å². The molecule has 0 aliphatic carbocycles. The molecule has 1 aliphatic rings. The van der Waals surface area contributed by atoms with Gasteiger partial charge in [0.15, 0.2) is 0 Å². The number of amides is 2. The molecule has 1 fully saturated rings. The normalized spacial score (nSPS) is 16.6. The van der Waals surface area contributed by atoms with Crippen LogP contribution in [0, 0.1) is 5.92 Å². The van der Waals surface area contributed by atoms with E-state index in [-0.39, 0.29) is 30.1 Å². The lowest BCUT2D eigenvalue weighted by Gasteiger charge is -2.36. The average molecular weight is 332 g/mol. The summed E-state index contributed by atoms with van der Waals surface area (Å²) < 4.78 is 0. The molecule has 0 radical (unpaired) electrons.